The molecule has 1 fully saturated rings. The van der Waals surface area contributed by atoms with Crippen molar-refractivity contribution in [1.82, 2.24) is 20.4 Å². The molecular formula is C16H22N6O2. The average Bonchev–Trinajstić information content (AvgIpc) is 3.05. The molecule has 1 aliphatic heterocycles. The minimum absolute atomic E-state index is 0.0782. The van der Waals surface area contributed by atoms with Gasteiger partial charge >= 0.3 is 6.03 Å². The minimum atomic E-state index is -0.263. The number of likely N-dealkylation sites (tertiary alicyclic amines) is 1. The van der Waals surface area contributed by atoms with Gasteiger partial charge in [0, 0.05) is 25.0 Å². The number of rotatable bonds is 5. The number of nitrogens with one attached hydrogen (secondary N) is 3. The molecule has 1 saturated heterocycles. The largest absolute Gasteiger partial charge is 0.369 e. The molecule has 2 heterocycles. The van der Waals surface area contributed by atoms with Gasteiger partial charge < -0.3 is 21.3 Å². The summed E-state index contributed by atoms with van der Waals surface area (Å²) >= 11 is 0. The summed E-state index contributed by atoms with van der Waals surface area (Å²) in [7, 11) is 0. The highest BCUT2D eigenvalue weighted by Crippen LogP contribution is 2.20. The number of nitrogens with zero attached hydrogens (tertiary/aromatic N) is 2. The zero-order valence-corrected chi connectivity index (χ0v) is 13.4. The Hall–Kier alpha value is -2.61. The highest BCUT2D eigenvalue weighted by atomic mass is 16.2. The maximum atomic E-state index is 12.0. The lowest BCUT2D eigenvalue weighted by molar-refractivity contribution is -0.123. The number of H-pyrrole nitrogens is 1. The summed E-state index contributed by atoms with van der Waals surface area (Å²) in [6, 6.07) is 5.35. The number of anilines is 1. The van der Waals surface area contributed by atoms with E-state index in [-0.39, 0.29) is 17.9 Å². The van der Waals surface area contributed by atoms with Gasteiger partial charge in [-0.3, -0.25) is 9.89 Å². The van der Waals surface area contributed by atoms with Crippen molar-refractivity contribution in [2.75, 3.05) is 31.5 Å². The van der Waals surface area contributed by atoms with Crippen LogP contribution in [0.2, 0.25) is 0 Å². The van der Waals surface area contributed by atoms with Gasteiger partial charge in [-0.15, -0.1) is 0 Å². The average molecular weight is 330 g/mol. The second-order valence-electron chi connectivity index (χ2n) is 6.06. The molecular weight excluding hydrogens is 308 g/mol. The molecule has 0 bridgehead atoms. The second kappa shape index (κ2) is 7.31. The standard InChI is InChI=1S/C16H22N6O2/c17-15(23)12-4-2-7-22(10-12)8-6-18-16(24)20-13-5-1-3-11-9-19-21-14(11)13/h1,3,5,9,12H,2,4,6-8,10H2,(H2,17,23)(H,19,21)(H2,18,20,24). The predicted octanol–water partition coefficient (Wildman–Crippen LogP) is 0.882. The number of carbonyl (C=O) groups is 2. The van der Waals surface area contributed by atoms with Crippen molar-refractivity contribution in [3.05, 3.63) is 24.4 Å². The van der Waals surface area contributed by atoms with Gasteiger partial charge in [0.2, 0.25) is 5.91 Å². The summed E-state index contributed by atoms with van der Waals surface area (Å²) in [5, 5.41) is 13.4. The first-order valence-corrected chi connectivity index (χ1v) is 8.12. The number of hydrogen-bond donors (Lipinski definition) is 4. The summed E-state index contributed by atoms with van der Waals surface area (Å²) < 4.78 is 0. The Kier molecular flexibility index (Phi) is 4.95. The number of aromatic amines is 1. The fourth-order valence-electron chi connectivity index (χ4n) is 3.06. The Labute approximate surface area is 139 Å². The van der Waals surface area contributed by atoms with E-state index in [1.54, 1.807) is 6.20 Å². The third-order valence-electron chi connectivity index (χ3n) is 4.35. The zero-order chi connectivity index (χ0) is 16.9. The Bertz CT molecular complexity index is 728. The molecule has 1 aromatic heterocycles. The molecule has 0 aliphatic carbocycles. The first-order chi connectivity index (χ1) is 11.6. The number of carbonyl (C=O) groups excluding carboxylic acids is 2. The van der Waals surface area contributed by atoms with Crippen LogP contribution in [0.5, 0.6) is 0 Å². The van der Waals surface area contributed by atoms with E-state index < -0.39 is 0 Å². The van der Waals surface area contributed by atoms with Crippen molar-refractivity contribution < 1.29 is 9.59 Å². The number of nitrogens with two attached hydrogens (primary N) is 1. The van der Waals surface area contributed by atoms with E-state index in [1.807, 2.05) is 18.2 Å². The molecule has 3 amide bonds. The molecule has 5 N–H and O–H groups in total. The highest BCUT2D eigenvalue weighted by Gasteiger charge is 2.23. The predicted molar refractivity (Wildman–Crippen MR) is 91.5 cm³/mol. The van der Waals surface area contributed by atoms with E-state index in [2.05, 4.69) is 25.7 Å². The summed E-state index contributed by atoms with van der Waals surface area (Å²) in [4.78, 5) is 25.5. The first kappa shape index (κ1) is 16.3. The Morgan fingerprint density at radius 2 is 2.29 bits per heavy atom. The van der Waals surface area contributed by atoms with Crippen LogP contribution in [0.25, 0.3) is 10.9 Å². The molecule has 1 aliphatic rings. The van der Waals surface area contributed by atoms with Crippen LogP contribution in [0, 0.1) is 5.92 Å². The molecule has 24 heavy (non-hydrogen) atoms. The lowest BCUT2D eigenvalue weighted by Crippen LogP contribution is -2.44. The van der Waals surface area contributed by atoms with Crippen molar-refractivity contribution in [1.29, 1.82) is 0 Å². The highest BCUT2D eigenvalue weighted by molar-refractivity contribution is 5.99. The van der Waals surface area contributed by atoms with E-state index >= 15 is 0 Å². The van der Waals surface area contributed by atoms with Crippen LogP contribution in [0.4, 0.5) is 10.5 Å². The number of urea groups is 1. The Morgan fingerprint density at radius 3 is 3.12 bits per heavy atom. The van der Waals surface area contributed by atoms with Crippen LogP contribution >= 0.6 is 0 Å². The van der Waals surface area contributed by atoms with Gasteiger partial charge in [-0.25, -0.2) is 4.79 Å². The zero-order valence-electron chi connectivity index (χ0n) is 13.4. The van der Waals surface area contributed by atoms with Gasteiger partial charge in [0.1, 0.15) is 0 Å². The number of para-hydroxylation sites is 1. The molecule has 8 heteroatoms. The topological polar surface area (TPSA) is 116 Å². The molecule has 2 aromatic rings. The summed E-state index contributed by atoms with van der Waals surface area (Å²) in [5.41, 5.74) is 6.86. The van der Waals surface area contributed by atoms with Crippen LogP contribution in [0.3, 0.4) is 0 Å². The van der Waals surface area contributed by atoms with E-state index in [0.717, 1.165) is 30.3 Å². The second-order valence-corrected chi connectivity index (χ2v) is 6.06. The van der Waals surface area contributed by atoms with Crippen molar-refractivity contribution in [3.8, 4) is 0 Å². The molecule has 1 unspecified atom stereocenters. The van der Waals surface area contributed by atoms with E-state index in [4.69, 9.17) is 5.73 Å². The summed E-state index contributed by atoms with van der Waals surface area (Å²) in [6.45, 7) is 2.81. The van der Waals surface area contributed by atoms with Gasteiger partial charge in [-0.05, 0) is 25.5 Å². The van der Waals surface area contributed by atoms with E-state index in [9.17, 15) is 9.59 Å². The molecule has 3 rings (SSSR count). The number of hydrogen-bond acceptors (Lipinski definition) is 4. The number of aromatic nitrogens is 2. The van der Waals surface area contributed by atoms with E-state index in [1.165, 1.54) is 0 Å². The minimum Gasteiger partial charge on any atom is -0.369 e. The molecule has 1 aromatic carbocycles. The quantitative estimate of drug-likeness (QED) is 0.651. The molecule has 1 atom stereocenters. The van der Waals surface area contributed by atoms with Gasteiger partial charge in [-0.2, -0.15) is 5.10 Å². The van der Waals surface area contributed by atoms with Gasteiger partial charge in [0.25, 0.3) is 0 Å². The first-order valence-electron chi connectivity index (χ1n) is 8.12. The summed E-state index contributed by atoms with van der Waals surface area (Å²) in [6.07, 6.45) is 3.53. The van der Waals surface area contributed by atoms with Crippen LogP contribution < -0.4 is 16.4 Å². The number of amides is 3. The Balaban J connectivity index is 1.46. The SMILES string of the molecule is NC(=O)C1CCCN(CCNC(=O)Nc2cccc3cn[nH]c23)C1. The number of fused-ring (bicyclic) bond motifs is 1. The lowest BCUT2D eigenvalue weighted by Gasteiger charge is -2.31. The number of piperidine rings is 1. The smallest absolute Gasteiger partial charge is 0.319 e. The fourth-order valence-corrected chi connectivity index (χ4v) is 3.06. The van der Waals surface area contributed by atoms with Crippen molar-refractivity contribution >= 4 is 28.5 Å². The molecule has 8 nitrogen and oxygen atoms in total. The van der Waals surface area contributed by atoms with Crippen molar-refractivity contribution in [2.45, 2.75) is 12.8 Å². The van der Waals surface area contributed by atoms with Crippen molar-refractivity contribution in [3.63, 3.8) is 0 Å². The molecule has 0 spiro atoms. The lowest BCUT2D eigenvalue weighted by atomic mass is 9.97. The Morgan fingerprint density at radius 1 is 1.42 bits per heavy atom. The van der Waals surface area contributed by atoms with Gasteiger partial charge in [0.05, 0.1) is 23.3 Å². The normalized spacial score (nSPS) is 18.4. The maximum Gasteiger partial charge on any atom is 0.319 e. The third kappa shape index (κ3) is 3.83. The van der Waals surface area contributed by atoms with Crippen LogP contribution in [-0.4, -0.2) is 53.2 Å². The van der Waals surface area contributed by atoms with Crippen LogP contribution in [0.1, 0.15) is 12.8 Å². The molecule has 0 saturated carbocycles. The van der Waals surface area contributed by atoms with E-state index in [0.29, 0.717) is 25.3 Å². The third-order valence-corrected chi connectivity index (χ3v) is 4.35. The van der Waals surface area contributed by atoms with Crippen LogP contribution in [0.15, 0.2) is 24.4 Å². The number of primary amides is 1. The van der Waals surface area contributed by atoms with Gasteiger partial charge in [-0.1, -0.05) is 12.1 Å². The van der Waals surface area contributed by atoms with Crippen LogP contribution in [-0.2, 0) is 4.79 Å². The van der Waals surface area contributed by atoms with Gasteiger partial charge in [0.15, 0.2) is 0 Å². The van der Waals surface area contributed by atoms with Crippen molar-refractivity contribution in [2.24, 2.45) is 11.7 Å². The number of benzene rings is 1. The molecule has 128 valence electrons. The maximum absolute atomic E-state index is 12.0. The fraction of sp³-hybridized carbons (Fsp3) is 0.438. The monoisotopic (exact) mass is 330 g/mol. The molecule has 0 radical (unpaired) electrons. The summed E-state index contributed by atoms with van der Waals surface area (Å²) in [5.74, 6) is -0.316.